The van der Waals surface area contributed by atoms with Crippen molar-refractivity contribution >= 4 is 17.9 Å². The van der Waals surface area contributed by atoms with Gasteiger partial charge in [-0.15, -0.1) is 0 Å². The smallest absolute Gasteiger partial charge is 0.306 e. The molecule has 0 aromatic carbocycles. The topological polar surface area (TPSA) is 78.9 Å². The molecule has 0 radical (unpaired) electrons. The molecule has 0 heterocycles. The summed E-state index contributed by atoms with van der Waals surface area (Å²) in [6, 6.07) is 0. The van der Waals surface area contributed by atoms with Gasteiger partial charge in [0.2, 0.25) is 0 Å². The Morgan fingerprint density at radius 3 is 0.857 bits per heavy atom. The van der Waals surface area contributed by atoms with Gasteiger partial charge in [-0.3, -0.25) is 14.4 Å². The lowest BCUT2D eigenvalue weighted by Gasteiger charge is -2.18. The van der Waals surface area contributed by atoms with Crippen molar-refractivity contribution in [2.24, 2.45) is 0 Å². The number of rotatable bonds is 51. The van der Waals surface area contributed by atoms with Gasteiger partial charge in [-0.05, 0) is 64.2 Å². The van der Waals surface area contributed by atoms with Crippen LogP contribution in [0.1, 0.15) is 303 Å². The number of allylic oxidation sites excluding steroid dienone is 4. The molecule has 0 aliphatic carbocycles. The number of hydrogen-bond acceptors (Lipinski definition) is 6. The maximum absolute atomic E-state index is 12.8. The maximum Gasteiger partial charge on any atom is 0.306 e. The summed E-state index contributed by atoms with van der Waals surface area (Å²) < 4.78 is 16.8. The highest BCUT2D eigenvalue weighted by Crippen LogP contribution is 2.16. The van der Waals surface area contributed by atoms with Gasteiger partial charge in [-0.2, -0.15) is 0 Å². The number of esters is 3. The minimum absolute atomic E-state index is 0.0711. The largest absolute Gasteiger partial charge is 0.462 e. The van der Waals surface area contributed by atoms with Gasteiger partial charge in [-0.1, -0.05) is 244 Å². The van der Waals surface area contributed by atoms with Crippen LogP contribution in [-0.4, -0.2) is 37.2 Å². The van der Waals surface area contributed by atoms with Gasteiger partial charge in [0.15, 0.2) is 6.10 Å². The molecule has 0 rings (SSSR count). The Kier molecular flexibility index (Phi) is 50.8. The molecule has 0 saturated heterocycles. The van der Waals surface area contributed by atoms with Crippen molar-refractivity contribution in [3.8, 4) is 0 Å². The Hall–Kier alpha value is -2.11. The summed E-state index contributed by atoms with van der Waals surface area (Å²) in [5.41, 5.74) is 0. The Bertz CT molecular complexity index is 1020. The normalized spacial score (nSPS) is 12.1. The predicted molar refractivity (Wildman–Crippen MR) is 270 cm³/mol. The van der Waals surface area contributed by atoms with Crippen LogP contribution in [0.25, 0.3) is 0 Å². The number of carbonyl (C=O) groups excluding carboxylic acids is 3. The third kappa shape index (κ3) is 50.7. The fourth-order valence-electron chi connectivity index (χ4n) is 8.21. The summed E-state index contributed by atoms with van der Waals surface area (Å²) in [7, 11) is 0. The number of unbranched alkanes of at least 4 members (excludes halogenated alkanes) is 36. The molecule has 1 unspecified atom stereocenters. The number of hydrogen-bond donors (Lipinski definition) is 0. The third-order valence-corrected chi connectivity index (χ3v) is 12.4. The molecule has 6 heteroatoms. The SMILES string of the molecule is CCC/C=C\CCCCCCCC(=O)OCC(COC(=O)CCCCCCCCCCC/C=C\CCCCCCCCCC)OC(=O)CCCCCCCCCCCCCCCC. The molecule has 0 aliphatic heterocycles. The monoisotopic (exact) mass is 887 g/mol. The Morgan fingerprint density at radius 2 is 0.556 bits per heavy atom. The van der Waals surface area contributed by atoms with Crippen LogP contribution in [0.5, 0.6) is 0 Å². The van der Waals surface area contributed by atoms with Gasteiger partial charge >= 0.3 is 17.9 Å². The first-order chi connectivity index (χ1) is 31.0. The summed E-state index contributed by atoms with van der Waals surface area (Å²) in [6.07, 6.45) is 60.3. The van der Waals surface area contributed by atoms with Crippen molar-refractivity contribution in [3.05, 3.63) is 24.3 Å². The fourth-order valence-corrected chi connectivity index (χ4v) is 8.21. The molecule has 1 atom stereocenters. The summed E-state index contributed by atoms with van der Waals surface area (Å²) >= 11 is 0. The Labute approximate surface area is 392 Å². The number of carbonyl (C=O) groups is 3. The second-order valence-corrected chi connectivity index (χ2v) is 18.8. The van der Waals surface area contributed by atoms with E-state index in [1.807, 2.05) is 0 Å². The second kappa shape index (κ2) is 52.5. The minimum Gasteiger partial charge on any atom is -0.462 e. The quantitative estimate of drug-likeness (QED) is 0.0262. The van der Waals surface area contributed by atoms with Gasteiger partial charge < -0.3 is 14.2 Å². The first-order valence-electron chi connectivity index (χ1n) is 27.8. The molecule has 0 saturated carbocycles. The van der Waals surface area contributed by atoms with E-state index < -0.39 is 6.10 Å². The Morgan fingerprint density at radius 1 is 0.302 bits per heavy atom. The van der Waals surface area contributed by atoms with E-state index >= 15 is 0 Å². The van der Waals surface area contributed by atoms with Crippen LogP contribution in [0.2, 0.25) is 0 Å². The van der Waals surface area contributed by atoms with Crippen LogP contribution in [0.15, 0.2) is 24.3 Å². The molecule has 0 bridgehead atoms. The van der Waals surface area contributed by atoms with Crippen LogP contribution in [-0.2, 0) is 28.6 Å². The third-order valence-electron chi connectivity index (χ3n) is 12.4. The molecule has 63 heavy (non-hydrogen) atoms. The van der Waals surface area contributed by atoms with Crippen molar-refractivity contribution in [1.29, 1.82) is 0 Å². The lowest BCUT2D eigenvalue weighted by Crippen LogP contribution is -2.30. The molecule has 0 amide bonds. The van der Waals surface area contributed by atoms with Crippen LogP contribution in [0, 0.1) is 0 Å². The van der Waals surface area contributed by atoms with E-state index in [0.717, 1.165) is 70.6 Å². The average molecular weight is 887 g/mol. The Balaban J connectivity index is 4.24. The number of ether oxygens (including phenoxy) is 3. The molecule has 0 fully saturated rings. The van der Waals surface area contributed by atoms with E-state index in [1.54, 1.807) is 0 Å². The van der Waals surface area contributed by atoms with Crippen molar-refractivity contribution in [1.82, 2.24) is 0 Å². The van der Waals surface area contributed by atoms with E-state index in [4.69, 9.17) is 14.2 Å². The molecule has 0 spiro atoms. The molecule has 370 valence electrons. The van der Waals surface area contributed by atoms with Crippen molar-refractivity contribution in [3.63, 3.8) is 0 Å². The van der Waals surface area contributed by atoms with Gasteiger partial charge in [0.25, 0.3) is 0 Å². The fraction of sp³-hybridized carbons (Fsp3) is 0.877. The highest BCUT2D eigenvalue weighted by molar-refractivity contribution is 5.71. The first-order valence-corrected chi connectivity index (χ1v) is 27.8. The van der Waals surface area contributed by atoms with Crippen LogP contribution in [0.3, 0.4) is 0 Å². The van der Waals surface area contributed by atoms with Crippen LogP contribution < -0.4 is 0 Å². The zero-order valence-corrected chi connectivity index (χ0v) is 42.4. The molecule has 0 aromatic rings. The van der Waals surface area contributed by atoms with Gasteiger partial charge in [-0.25, -0.2) is 0 Å². The summed E-state index contributed by atoms with van der Waals surface area (Å²) in [4.78, 5) is 38.0. The molecular weight excluding hydrogens is 781 g/mol. The van der Waals surface area contributed by atoms with Crippen molar-refractivity contribution in [2.75, 3.05) is 13.2 Å². The van der Waals surface area contributed by atoms with E-state index in [1.165, 1.54) is 193 Å². The predicted octanol–water partition coefficient (Wildman–Crippen LogP) is 18.3. The lowest BCUT2D eigenvalue weighted by atomic mass is 10.0. The molecular formula is C57H106O6. The minimum atomic E-state index is -0.770. The van der Waals surface area contributed by atoms with Crippen LogP contribution >= 0.6 is 0 Å². The molecule has 0 aromatic heterocycles. The molecule has 0 N–H and O–H groups in total. The summed E-state index contributed by atoms with van der Waals surface area (Å²) in [6.45, 7) is 6.60. The zero-order chi connectivity index (χ0) is 45.8. The highest BCUT2D eigenvalue weighted by atomic mass is 16.6. The molecule has 0 aliphatic rings. The standard InChI is InChI=1S/C57H106O6/c1-4-7-10-13-16-19-22-24-26-27-28-29-30-31-32-34-35-38-41-44-47-50-56(59)62-53-54(52-61-55(58)49-46-43-40-37-21-18-15-12-9-6-3)63-57(60)51-48-45-42-39-36-33-25-23-20-17-14-11-8-5-2/h12,15,27-28,54H,4-11,13-14,16-26,29-53H2,1-3H3/b15-12-,28-27-. The van der Waals surface area contributed by atoms with Gasteiger partial charge in [0, 0.05) is 19.3 Å². The van der Waals surface area contributed by atoms with E-state index in [0.29, 0.717) is 19.3 Å². The van der Waals surface area contributed by atoms with Crippen LogP contribution in [0.4, 0.5) is 0 Å². The molecule has 6 nitrogen and oxygen atoms in total. The zero-order valence-electron chi connectivity index (χ0n) is 42.4. The van der Waals surface area contributed by atoms with E-state index in [2.05, 4.69) is 45.1 Å². The summed E-state index contributed by atoms with van der Waals surface area (Å²) in [5, 5.41) is 0. The van der Waals surface area contributed by atoms with Crippen molar-refractivity contribution in [2.45, 2.75) is 309 Å². The first kappa shape index (κ1) is 60.9. The van der Waals surface area contributed by atoms with Gasteiger partial charge in [0.1, 0.15) is 13.2 Å². The second-order valence-electron chi connectivity index (χ2n) is 18.8. The van der Waals surface area contributed by atoms with Gasteiger partial charge in [0.05, 0.1) is 0 Å². The van der Waals surface area contributed by atoms with E-state index in [-0.39, 0.29) is 31.1 Å². The summed E-state index contributed by atoms with van der Waals surface area (Å²) in [5.74, 6) is -0.868. The van der Waals surface area contributed by atoms with E-state index in [9.17, 15) is 14.4 Å². The average Bonchev–Trinajstić information content (AvgIpc) is 3.28. The van der Waals surface area contributed by atoms with Crippen molar-refractivity contribution < 1.29 is 28.6 Å². The maximum atomic E-state index is 12.8. The lowest BCUT2D eigenvalue weighted by molar-refractivity contribution is -0.167. The highest BCUT2D eigenvalue weighted by Gasteiger charge is 2.19.